The van der Waals surface area contributed by atoms with E-state index in [0.29, 0.717) is 25.8 Å². The minimum absolute atomic E-state index is 0.308. The predicted molar refractivity (Wildman–Crippen MR) is 86.7 cm³/mol. The molecule has 10 nitrogen and oxygen atoms in total. The van der Waals surface area contributed by atoms with E-state index in [4.69, 9.17) is 16.6 Å². The van der Waals surface area contributed by atoms with Crippen molar-refractivity contribution >= 4 is 23.7 Å². The molecule has 10 heteroatoms. The van der Waals surface area contributed by atoms with Crippen LogP contribution in [0.2, 0.25) is 0 Å². The quantitative estimate of drug-likeness (QED) is 0.227. The molecule has 0 aromatic rings. The van der Waals surface area contributed by atoms with Crippen LogP contribution in [0.5, 0.6) is 0 Å². The molecular formula is C14H27N5O5. The smallest absolute Gasteiger partial charge is 0.325 e. The van der Waals surface area contributed by atoms with Crippen molar-refractivity contribution in [3.05, 3.63) is 0 Å². The number of hydrogen-bond acceptors (Lipinski definition) is 6. The summed E-state index contributed by atoms with van der Waals surface area (Å²) in [6.07, 6.45) is 1.56. The number of carboxylic acids is 1. The number of hydrogen-bond donors (Lipinski definition) is 6. The van der Waals surface area contributed by atoms with Gasteiger partial charge in [0.1, 0.15) is 12.1 Å². The van der Waals surface area contributed by atoms with Crippen molar-refractivity contribution in [1.82, 2.24) is 16.0 Å². The maximum atomic E-state index is 12.1. The number of amides is 3. The highest BCUT2D eigenvalue weighted by molar-refractivity contribution is 5.92. The Kier molecular flexibility index (Phi) is 10.3. The molecule has 0 rings (SSSR count). The molecule has 0 aliphatic carbocycles. The van der Waals surface area contributed by atoms with Crippen molar-refractivity contribution in [2.24, 2.45) is 11.5 Å². The van der Waals surface area contributed by atoms with Crippen LogP contribution in [-0.4, -0.2) is 60.0 Å². The van der Waals surface area contributed by atoms with Crippen LogP contribution in [0.15, 0.2) is 0 Å². The fourth-order valence-electron chi connectivity index (χ4n) is 1.71. The summed E-state index contributed by atoms with van der Waals surface area (Å²) in [5.41, 5.74) is 10.8. The molecule has 0 spiro atoms. The average Bonchev–Trinajstić information content (AvgIpc) is 2.51. The summed E-state index contributed by atoms with van der Waals surface area (Å²) in [4.78, 5) is 46.1. The lowest BCUT2D eigenvalue weighted by Crippen LogP contribution is -2.53. The van der Waals surface area contributed by atoms with Crippen molar-refractivity contribution < 1.29 is 24.3 Å². The summed E-state index contributed by atoms with van der Waals surface area (Å²) in [5.74, 6) is -2.85. The van der Waals surface area contributed by atoms with Gasteiger partial charge in [-0.15, -0.1) is 0 Å². The Labute approximate surface area is 140 Å². The van der Waals surface area contributed by atoms with Crippen LogP contribution in [0.1, 0.15) is 33.1 Å². The fraction of sp³-hybridized carbons (Fsp3) is 0.714. The number of carbonyl (C=O) groups excluding carboxylic acids is 3. The fourth-order valence-corrected chi connectivity index (χ4v) is 1.71. The van der Waals surface area contributed by atoms with Gasteiger partial charge in [0.05, 0.1) is 12.6 Å². The molecule has 0 radical (unpaired) electrons. The first-order chi connectivity index (χ1) is 11.2. The molecule has 0 aromatic carbocycles. The SMILES string of the molecule is CC(N)C(=O)NCC(=O)NC(CCCCN)C(=O)NC(C)C(=O)O. The van der Waals surface area contributed by atoms with Crippen LogP contribution in [0.4, 0.5) is 0 Å². The molecule has 3 unspecified atom stereocenters. The Morgan fingerprint density at radius 2 is 1.67 bits per heavy atom. The summed E-state index contributed by atoms with van der Waals surface area (Å²) in [6.45, 7) is 2.92. The summed E-state index contributed by atoms with van der Waals surface area (Å²) in [7, 11) is 0. The van der Waals surface area contributed by atoms with Gasteiger partial charge in [-0.25, -0.2) is 0 Å². The predicted octanol–water partition coefficient (Wildman–Crippen LogP) is -2.35. The lowest BCUT2D eigenvalue weighted by atomic mass is 10.1. The highest BCUT2D eigenvalue weighted by Crippen LogP contribution is 2.01. The van der Waals surface area contributed by atoms with Crippen LogP contribution < -0.4 is 27.4 Å². The van der Waals surface area contributed by atoms with Crippen molar-refractivity contribution in [3.8, 4) is 0 Å². The van der Waals surface area contributed by atoms with Gasteiger partial charge < -0.3 is 32.5 Å². The lowest BCUT2D eigenvalue weighted by Gasteiger charge is -2.20. The van der Waals surface area contributed by atoms with Gasteiger partial charge in [0, 0.05) is 0 Å². The summed E-state index contributed by atoms with van der Waals surface area (Å²) in [5, 5.41) is 15.9. The molecule has 3 atom stereocenters. The van der Waals surface area contributed by atoms with Crippen LogP contribution in [0, 0.1) is 0 Å². The largest absolute Gasteiger partial charge is 0.480 e. The van der Waals surface area contributed by atoms with E-state index in [9.17, 15) is 19.2 Å². The first-order valence-corrected chi connectivity index (χ1v) is 7.75. The zero-order valence-electron chi connectivity index (χ0n) is 14.0. The molecule has 0 aliphatic heterocycles. The molecule has 0 heterocycles. The summed E-state index contributed by atoms with van der Waals surface area (Å²) < 4.78 is 0. The Morgan fingerprint density at radius 1 is 1.04 bits per heavy atom. The third-order valence-corrected chi connectivity index (χ3v) is 3.16. The molecule has 138 valence electrons. The molecule has 0 fully saturated rings. The van der Waals surface area contributed by atoms with Gasteiger partial charge in [-0.05, 0) is 39.7 Å². The summed E-state index contributed by atoms with van der Waals surface area (Å²) >= 11 is 0. The standard InChI is InChI=1S/C14H27N5O5/c1-8(16)12(21)17-7-11(20)19-10(5-3-4-6-15)13(22)18-9(2)14(23)24/h8-10H,3-7,15-16H2,1-2H3,(H,17,21)(H,18,22)(H,19,20)(H,23,24). The second-order valence-corrected chi connectivity index (χ2v) is 5.48. The van der Waals surface area contributed by atoms with Crippen molar-refractivity contribution in [2.45, 2.75) is 51.2 Å². The third-order valence-electron chi connectivity index (χ3n) is 3.16. The van der Waals surface area contributed by atoms with Crippen LogP contribution in [-0.2, 0) is 19.2 Å². The van der Waals surface area contributed by atoms with Gasteiger partial charge in [0.15, 0.2) is 0 Å². The van der Waals surface area contributed by atoms with Gasteiger partial charge in [-0.2, -0.15) is 0 Å². The van der Waals surface area contributed by atoms with Gasteiger partial charge in [-0.1, -0.05) is 0 Å². The first kappa shape index (κ1) is 21.8. The Hall–Kier alpha value is -2.20. The Morgan fingerprint density at radius 3 is 2.17 bits per heavy atom. The number of rotatable bonds is 11. The van der Waals surface area contributed by atoms with Gasteiger partial charge >= 0.3 is 5.97 Å². The van der Waals surface area contributed by atoms with Crippen LogP contribution >= 0.6 is 0 Å². The van der Waals surface area contributed by atoms with E-state index in [-0.39, 0.29) is 6.54 Å². The average molecular weight is 345 g/mol. The van der Waals surface area contributed by atoms with Gasteiger partial charge in [-0.3, -0.25) is 19.2 Å². The van der Waals surface area contributed by atoms with E-state index in [2.05, 4.69) is 16.0 Å². The topological polar surface area (TPSA) is 177 Å². The Balaban J connectivity index is 4.63. The minimum Gasteiger partial charge on any atom is -0.480 e. The van der Waals surface area contributed by atoms with E-state index >= 15 is 0 Å². The molecule has 0 bridgehead atoms. The van der Waals surface area contributed by atoms with E-state index in [1.807, 2.05) is 0 Å². The second-order valence-electron chi connectivity index (χ2n) is 5.48. The zero-order valence-corrected chi connectivity index (χ0v) is 14.0. The number of nitrogens with two attached hydrogens (primary N) is 2. The molecule has 0 saturated carbocycles. The highest BCUT2D eigenvalue weighted by atomic mass is 16.4. The van der Waals surface area contributed by atoms with Crippen molar-refractivity contribution in [1.29, 1.82) is 0 Å². The first-order valence-electron chi connectivity index (χ1n) is 7.75. The highest BCUT2D eigenvalue weighted by Gasteiger charge is 2.24. The number of carbonyl (C=O) groups is 4. The van der Waals surface area contributed by atoms with Crippen LogP contribution in [0.25, 0.3) is 0 Å². The molecule has 24 heavy (non-hydrogen) atoms. The van der Waals surface area contributed by atoms with Gasteiger partial charge in [0.2, 0.25) is 17.7 Å². The maximum absolute atomic E-state index is 12.1. The van der Waals surface area contributed by atoms with E-state index < -0.39 is 41.8 Å². The summed E-state index contributed by atoms with van der Waals surface area (Å²) in [6, 6.07) is -2.74. The minimum atomic E-state index is -1.18. The van der Waals surface area contributed by atoms with Crippen molar-refractivity contribution in [2.75, 3.05) is 13.1 Å². The van der Waals surface area contributed by atoms with E-state index in [1.54, 1.807) is 0 Å². The van der Waals surface area contributed by atoms with E-state index in [0.717, 1.165) is 0 Å². The number of carboxylic acid groups (broad SMARTS) is 1. The monoisotopic (exact) mass is 345 g/mol. The van der Waals surface area contributed by atoms with Gasteiger partial charge in [0.25, 0.3) is 0 Å². The van der Waals surface area contributed by atoms with Crippen LogP contribution in [0.3, 0.4) is 0 Å². The third kappa shape index (κ3) is 9.06. The second kappa shape index (κ2) is 11.4. The molecule has 0 aliphatic rings. The molecule has 0 aromatic heterocycles. The molecular weight excluding hydrogens is 318 g/mol. The van der Waals surface area contributed by atoms with Crippen molar-refractivity contribution in [3.63, 3.8) is 0 Å². The maximum Gasteiger partial charge on any atom is 0.325 e. The number of aliphatic carboxylic acids is 1. The number of unbranched alkanes of at least 4 members (excludes halogenated alkanes) is 1. The molecule has 3 amide bonds. The lowest BCUT2D eigenvalue weighted by molar-refractivity contribution is -0.141. The van der Waals surface area contributed by atoms with E-state index in [1.165, 1.54) is 13.8 Å². The molecule has 0 saturated heterocycles. The zero-order chi connectivity index (χ0) is 18.7. The Bertz CT molecular complexity index is 455. The number of nitrogens with one attached hydrogen (secondary N) is 3. The normalized spacial score (nSPS) is 14.2. The molecule has 8 N–H and O–H groups in total.